The van der Waals surface area contributed by atoms with E-state index in [1.807, 2.05) is 6.07 Å². The van der Waals surface area contributed by atoms with Crippen molar-refractivity contribution in [3.63, 3.8) is 0 Å². The first-order valence-corrected chi connectivity index (χ1v) is 8.57. The molecule has 1 saturated heterocycles. The number of aliphatic hydroxyl groups excluding tert-OH is 1. The summed E-state index contributed by atoms with van der Waals surface area (Å²) in [6.45, 7) is 3.46. The van der Waals surface area contributed by atoms with E-state index in [9.17, 15) is 9.50 Å². The fourth-order valence-corrected chi connectivity index (χ4v) is 2.95. The van der Waals surface area contributed by atoms with Crippen molar-refractivity contribution in [2.45, 2.75) is 13.2 Å². The van der Waals surface area contributed by atoms with Crippen molar-refractivity contribution in [2.75, 3.05) is 38.1 Å². The first-order chi connectivity index (χ1) is 12.7. The van der Waals surface area contributed by atoms with E-state index in [1.165, 1.54) is 6.07 Å². The molecule has 1 aromatic carbocycles. The van der Waals surface area contributed by atoms with Gasteiger partial charge in [-0.25, -0.2) is 14.4 Å². The highest BCUT2D eigenvalue weighted by molar-refractivity contribution is 14.0. The summed E-state index contributed by atoms with van der Waals surface area (Å²) in [4.78, 5) is 17.3. The van der Waals surface area contributed by atoms with E-state index < -0.39 is 0 Å². The van der Waals surface area contributed by atoms with Crippen LogP contribution in [0, 0.1) is 5.82 Å². The van der Waals surface area contributed by atoms with Gasteiger partial charge in [-0.3, -0.25) is 4.99 Å². The van der Waals surface area contributed by atoms with Crippen LogP contribution in [0.25, 0.3) is 0 Å². The Morgan fingerprint density at radius 2 is 1.93 bits per heavy atom. The molecule has 0 radical (unpaired) electrons. The third kappa shape index (κ3) is 5.48. The lowest BCUT2D eigenvalue weighted by Crippen LogP contribution is -2.52. The van der Waals surface area contributed by atoms with Crippen molar-refractivity contribution in [3.05, 3.63) is 53.6 Å². The molecule has 2 aromatic rings. The number of aliphatic hydroxyl groups is 1. The highest BCUT2D eigenvalue weighted by atomic mass is 127. The molecule has 0 amide bonds. The number of aromatic nitrogens is 2. The molecule has 1 fully saturated rings. The lowest BCUT2D eigenvalue weighted by atomic mass is 10.1. The van der Waals surface area contributed by atoms with Gasteiger partial charge in [-0.1, -0.05) is 6.07 Å². The van der Waals surface area contributed by atoms with Crippen LogP contribution in [-0.4, -0.2) is 59.2 Å². The molecule has 146 valence electrons. The normalized spacial score (nSPS) is 14.7. The molecule has 0 atom stereocenters. The average Bonchev–Trinajstić information content (AvgIpc) is 2.70. The molecule has 7 nitrogen and oxygen atoms in total. The molecule has 0 saturated carbocycles. The zero-order valence-corrected chi connectivity index (χ0v) is 17.5. The second-order valence-electron chi connectivity index (χ2n) is 6.01. The summed E-state index contributed by atoms with van der Waals surface area (Å²) < 4.78 is 13.5. The SMILES string of the molecule is CN=C(NCc1ccc(F)c(CO)c1)N1CCN(c2ncccn2)CC1.I. The molecular weight excluding hydrogens is 462 g/mol. The summed E-state index contributed by atoms with van der Waals surface area (Å²) in [5.74, 6) is 1.16. The summed E-state index contributed by atoms with van der Waals surface area (Å²) in [5.41, 5.74) is 1.20. The number of piperazine rings is 1. The first kappa shape index (κ1) is 21.3. The fourth-order valence-electron chi connectivity index (χ4n) is 2.95. The highest BCUT2D eigenvalue weighted by Crippen LogP contribution is 2.12. The Bertz CT molecular complexity index is 753. The van der Waals surface area contributed by atoms with Gasteiger partial charge in [0.1, 0.15) is 5.82 Å². The van der Waals surface area contributed by atoms with Crippen LogP contribution in [0.5, 0.6) is 0 Å². The van der Waals surface area contributed by atoms with E-state index in [2.05, 4.69) is 30.1 Å². The van der Waals surface area contributed by atoms with Crippen molar-refractivity contribution in [1.82, 2.24) is 20.2 Å². The minimum Gasteiger partial charge on any atom is -0.392 e. The smallest absolute Gasteiger partial charge is 0.225 e. The minimum atomic E-state index is -0.389. The Kier molecular flexibility index (Phi) is 8.17. The molecule has 1 aliphatic heterocycles. The van der Waals surface area contributed by atoms with Crippen LogP contribution >= 0.6 is 24.0 Å². The van der Waals surface area contributed by atoms with Crippen LogP contribution in [-0.2, 0) is 13.2 Å². The number of nitrogens with one attached hydrogen (secondary N) is 1. The van der Waals surface area contributed by atoms with Gasteiger partial charge in [0.15, 0.2) is 5.96 Å². The monoisotopic (exact) mass is 486 g/mol. The maximum atomic E-state index is 13.5. The van der Waals surface area contributed by atoms with Crippen LogP contribution in [0.3, 0.4) is 0 Å². The molecule has 27 heavy (non-hydrogen) atoms. The molecule has 1 aliphatic rings. The predicted molar refractivity (Wildman–Crippen MR) is 114 cm³/mol. The van der Waals surface area contributed by atoms with Crippen LogP contribution in [0.2, 0.25) is 0 Å². The van der Waals surface area contributed by atoms with Gasteiger partial charge in [0.25, 0.3) is 0 Å². The lowest BCUT2D eigenvalue weighted by molar-refractivity contribution is 0.275. The Morgan fingerprint density at radius 1 is 1.22 bits per heavy atom. The van der Waals surface area contributed by atoms with E-state index >= 15 is 0 Å². The van der Waals surface area contributed by atoms with Crippen LogP contribution in [0.1, 0.15) is 11.1 Å². The minimum absolute atomic E-state index is 0. The highest BCUT2D eigenvalue weighted by Gasteiger charge is 2.21. The zero-order valence-electron chi connectivity index (χ0n) is 15.2. The first-order valence-electron chi connectivity index (χ1n) is 8.57. The standard InChI is InChI=1S/C18H23FN6O.HI/c1-20-17(23-12-14-3-4-16(19)15(11-14)13-26)24-7-9-25(10-8-24)18-21-5-2-6-22-18;/h2-6,11,26H,7-10,12-13H2,1H3,(H,20,23);1H. The van der Waals surface area contributed by atoms with Crippen molar-refractivity contribution in [3.8, 4) is 0 Å². The van der Waals surface area contributed by atoms with E-state index in [-0.39, 0.29) is 36.4 Å². The molecule has 1 aromatic heterocycles. The van der Waals surface area contributed by atoms with E-state index in [4.69, 9.17) is 0 Å². The summed E-state index contributed by atoms with van der Waals surface area (Å²) in [5, 5.41) is 12.5. The van der Waals surface area contributed by atoms with E-state index in [0.717, 1.165) is 43.7 Å². The van der Waals surface area contributed by atoms with Crippen LogP contribution in [0.4, 0.5) is 10.3 Å². The van der Waals surface area contributed by atoms with Gasteiger partial charge in [0, 0.05) is 57.7 Å². The Balaban J connectivity index is 0.00000261. The molecule has 0 unspecified atom stereocenters. The van der Waals surface area contributed by atoms with Crippen molar-refractivity contribution >= 4 is 35.9 Å². The molecule has 2 heterocycles. The number of halogens is 2. The van der Waals surface area contributed by atoms with Crippen LogP contribution < -0.4 is 10.2 Å². The Labute approximate surface area is 175 Å². The number of hydrogen-bond acceptors (Lipinski definition) is 5. The summed E-state index contributed by atoms with van der Waals surface area (Å²) in [6, 6.07) is 6.56. The number of anilines is 1. The number of benzene rings is 1. The molecule has 0 aliphatic carbocycles. The van der Waals surface area contributed by atoms with Gasteiger partial charge in [-0.05, 0) is 23.8 Å². The molecule has 0 spiro atoms. The molecular formula is C18H24FIN6O. The number of aliphatic imine (C=N–C) groups is 1. The maximum Gasteiger partial charge on any atom is 0.225 e. The maximum absolute atomic E-state index is 13.5. The number of guanidine groups is 1. The number of nitrogens with zero attached hydrogens (tertiary/aromatic N) is 5. The van der Waals surface area contributed by atoms with Crippen molar-refractivity contribution in [2.24, 2.45) is 4.99 Å². The van der Waals surface area contributed by atoms with Crippen molar-refractivity contribution in [1.29, 1.82) is 0 Å². The molecule has 2 N–H and O–H groups in total. The van der Waals surface area contributed by atoms with Gasteiger partial charge in [-0.2, -0.15) is 0 Å². The van der Waals surface area contributed by atoms with Gasteiger partial charge in [0.05, 0.1) is 6.61 Å². The summed E-state index contributed by atoms with van der Waals surface area (Å²) in [7, 11) is 1.75. The Hall–Kier alpha value is -2.01. The zero-order chi connectivity index (χ0) is 18.4. The van der Waals surface area contributed by atoms with E-state index in [1.54, 1.807) is 31.6 Å². The predicted octanol–water partition coefficient (Wildman–Crippen LogP) is 1.62. The molecule has 9 heteroatoms. The van der Waals surface area contributed by atoms with Gasteiger partial charge in [0.2, 0.25) is 5.95 Å². The van der Waals surface area contributed by atoms with Gasteiger partial charge < -0.3 is 20.2 Å². The van der Waals surface area contributed by atoms with E-state index in [0.29, 0.717) is 12.1 Å². The summed E-state index contributed by atoms with van der Waals surface area (Å²) in [6.07, 6.45) is 3.50. The average molecular weight is 486 g/mol. The fraction of sp³-hybridized carbons (Fsp3) is 0.389. The lowest BCUT2D eigenvalue weighted by Gasteiger charge is -2.36. The third-order valence-electron chi connectivity index (χ3n) is 4.36. The number of hydrogen-bond donors (Lipinski definition) is 2. The molecule has 0 bridgehead atoms. The third-order valence-corrected chi connectivity index (χ3v) is 4.36. The topological polar surface area (TPSA) is 76.9 Å². The second-order valence-corrected chi connectivity index (χ2v) is 6.01. The van der Waals surface area contributed by atoms with Crippen LogP contribution in [0.15, 0.2) is 41.7 Å². The van der Waals surface area contributed by atoms with Gasteiger partial charge >= 0.3 is 0 Å². The van der Waals surface area contributed by atoms with Crippen molar-refractivity contribution < 1.29 is 9.50 Å². The van der Waals surface area contributed by atoms with Gasteiger partial charge in [-0.15, -0.1) is 24.0 Å². The molecule has 3 rings (SSSR count). The number of rotatable bonds is 4. The second kappa shape index (κ2) is 10.4. The summed E-state index contributed by atoms with van der Waals surface area (Å²) >= 11 is 0. The largest absolute Gasteiger partial charge is 0.392 e. The quantitative estimate of drug-likeness (QED) is 0.389. The Morgan fingerprint density at radius 3 is 2.56 bits per heavy atom.